The number of urea groups is 1. The molecule has 1 heterocycles. The maximum Gasteiger partial charge on any atom is 0.344 e. The molecular formula is C23H22N2O8. The molecular weight excluding hydrogens is 432 g/mol. The maximum atomic E-state index is 13.1. The van der Waals surface area contributed by atoms with Crippen molar-refractivity contribution in [2.24, 2.45) is 0 Å². The number of carbonyl (C=O) groups is 4. The van der Waals surface area contributed by atoms with Crippen molar-refractivity contribution in [2.75, 3.05) is 18.6 Å². The Morgan fingerprint density at radius 1 is 1.15 bits per heavy atom. The van der Waals surface area contributed by atoms with Gasteiger partial charge in [0.15, 0.2) is 17.6 Å². The normalized spacial score (nSPS) is 15.8. The van der Waals surface area contributed by atoms with Gasteiger partial charge in [-0.2, -0.15) is 0 Å². The Morgan fingerprint density at radius 3 is 2.58 bits per heavy atom. The summed E-state index contributed by atoms with van der Waals surface area (Å²) in [6, 6.07) is 9.97. The molecule has 0 spiro atoms. The number of benzene rings is 2. The standard InChI is InChI=1S/C23H22N2O8/c1-4-32-16-7-5-6-15(12-16)25-21(27)17(20(26)24-23(25)30)10-14-8-9-18(19(11-14)31-3)33-13(2)22(28)29/h5-13H,4H2,1-3H3,(H,28,29)(H,24,26,30)/b17-10+/t13-/m1/s1. The average Bonchev–Trinajstić information content (AvgIpc) is 2.77. The first-order valence-corrected chi connectivity index (χ1v) is 9.97. The van der Waals surface area contributed by atoms with Crippen molar-refractivity contribution in [3.05, 3.63) is 53.6 Å². The second-order valence-electron chi connectivity index (χ2n) is 6.90. The molecule has 0 aromatic heterocycles. The van der Waals surface area contributed by atoms with E-state index >= 15 is 0 Å². The predicted molar refractivity (Wildman–Crippen MR) is 117 cm³/mol. The third-order valence-corrected chi connectivity index (χ3v) is 4.64. The van der Waals surface area contributed by atoms with Crippen molar-refractivity contribution in [1.29, 1.82) is 0 Å². The molecule has 10 heteroatoms. The summed E-state index contributed by atoms with van der Waals surface area (Å²) < 4.78 is 16.0. The van der Waals surface area contributed by atoms with Crippen molar-refractivity contribution in [2.45, 2.75) is 20.0 Å². The lowest BCUT2D eigenvalue weighted by Gasteiger charge is -2.26. The zero-order valence-corrected chi connectivity index (χ0v) is 18.2. The molecule has 1 atom stereocenters. The van der Waals surface area contributed by atoms with Gasteiger partial charge < -0.3 is 19.3 Å². The van der Waals surface area contributed by atoms with Crippen LogP contribution in [-0.4, -0.2) is 48.7 Å². The van der Waals surface area contributed by atoms with E-state index in [9.17, 15) is 19.2 Å². The van der Waals surface area contributed by atoms with Crippen LogP contribution in [-0.2, 0) is 14.4 Å². The number of aliphatic carboxylic acids is 1. The summed E-state index contributed by atoms with van der Waals surface area (Å²) in [5.74, 6) is -1.95. The van der Waals surface area contributed by atoms with E-state index < -0.39 is 29.9 Å². The number of carbonyl (C=O) groups excluding carboxylic acids is 3. The lowest BCUT2D eigenvalue weighted by molar-refractivity contribution is -0.144. The maximum absolute atomic E-state index is 13.1. The Kier molecular flexibility index (Phi) is 6.97. The molecule has 0 aliphatic carbocycles. The van der Waals surface area contributed by atoms with E-state index in [2.05, 4.69) is 5.32 Å². The fourth-order valence-corrected chi connectivity index (χ4v) is 3.05. The molecule has 0 unspecified atom stereocenters. The summed E-state index contributed by atoms with van der Waals surface area (Å²) in [7, 11) is 1.37. The first-order chi connectivity index (χ1) is 15.7. The molecule has 0 radical (unpaired) electrons. The van der Waals surface area contributed by atoms with E-state index in [-0.39, 0.29) is 22.8 Å². The second kappa shape index (κ2) is 9.86. The van der Waals surface area contributed by atoms with Crippen LogP contribution in [0.3, 0.4) is 0 Å². The number of rotatable bonds is 8. The molecule has 33 heavy (non-hydrogen) atoms. The van der Waals surface area contributed by atoms with E-state index in [0.717, 1.165) is 4.90 Å². The highest BCUT2D eigenvalue weighted by Gasteiger charge is 2.37. The predicted octanol–water partition coefficient (Wildman–Crippen LogP) is 2.61. The lowest BCUT2D eigenvalue weighted by Crippen LogP contribution is -2.54. The van der Waals surface area contributed by atoms with Crippen LogP contribution in [0.4, 0.5) is 10.5 Å². The molecule has 1 saturated heterocycles. The number of ether oxygens (including phenoxy) is 3. The van der Waals surface area contributed by atoms with Gasteiger partial charge in [0, 0.05) is 6.07 Å². The minimum Gasteiger partial charge on any atom is -0.494 e. The number of imide groups is 2. The molecule has 1 aliphatic rings. The van der Waals surface area contributed by atoms with Crippen LogP contribution in [0.15, 0.2) is 48.0 Å². The molecule has 0 bridgehead atoms. The van der Waals surface area contributed by atoms with Crippen molar-refractivity contribution in [1.82, 2.24) is 5.32 Å². The highest BCUT2D eigenvalue weighted by atomic mass is 16.5. The van der Waals surface area contributed by atoms with Crippen LogP contribution in [0.25, 0.3) is 6.08 Å². The number of anilines is 1. The number of nitrogens with one attached hydrogen (secondary N) is 1. The summed E-state index contributed by atoms with van der Waals surface area (Å²) in [4.78, 5) is 49.8. The number of nitrogens with zero attached hydrogens (tertiary/aromatic N) is 1. The van der Waals surface area contributed by atoms with Gasteiger partial charge in [0.25, 0.3) is 11.8 Å². The molecule has 3 rings (SSSR count). The molecule has 2 N–H and O–H groups in total. The van der Waals surface area contributed by atoms with Crippen molar-refractivity contribution >= 4 is 35.6 Å². The highest BCUT2D eigenvalue weighted by Crippen LogP contribution is 2.31. The van der Waals surface area contributed by atoms with E-state index in [1.807, 2.05) is 0 Å². The van der Waals surface area contributed by atoms with E-state index in [0.29, 0.717) is 17.9 Å². The smallest absolute Gasteiger partial charge is 0.344 e. The Hall–Kier alpha value is -4.34. The summed E-state index contributed by atoms with van der Waals surface area (Å²) >= 11 is 0. The first-order valence-electron chi connectivity index (χ1n) is 9.97. The van der Waals surface area contributed by atoms with Gasteiger partial charge in [-0.1, -0.05) is 12.1 Å². The topological polar surface area (TPSA) is 131 Å². The fourth-order valence-electron chi connectivity index (χ4n) is 3.05. The summed E-state index contributed by atoms with van der Waals surface area (Å²) in [6.45, 7) is 3.58. The van der Waals surface area contributed by atoms with Gasteiger partial charge in [-0.25, -0.2) is 14.5 Å². The number of methoxy groups -OCH3 is 1. The number of barbiturate groups is 1. The highest BCUT2D eigenvalue weighted by molar-refractivity contribution is 6.39. The molecule has 172 valence electrons. The zero-order valence-electron chi connectivity index (χ0n) is 18.2. The van der Waals surface area contributed by atoms with E-state index in [1.165, 1.54) is 44.4 Å². The van der Waals surface area contributed by atoms with Gasteiger partial charge in [-0.15, -0.1) is 0 Å². The van der Waals surface area contributed by atoms with Gasteiger partial charge in [0.2, 0.25) is 0 Å². The zero-order chi connectivity index (χ0) is 24.1. The average molecular weight is 454 g/mol. The molecule has 2 aromatic carbocycles. The van der Waals surface area contributed by atoms with Gasteiger partial charge in [0.1, 0.15) is 11.3 Å². The van der Waals surface area contributed by atoms with Crippen LogP contribution < -0.4 is 24.4 Å². The SMILES string of the molecule is CCOc1cccc(N2C(=O)NC(=O)/C(=C\c3ccc(O[C@H](C)C(=O)O)c(OC)c3)C2=O)c1. The Bertz CT molecular complexity index is 1140. The largest absolute Gasteiger partial charge is 0.494 e. The van der Waals surface area contributed by atoms with Crippen LogP contribution in [0.5, 0.6) is 17.2 Å². The minimum atomic E-state index is -1.15. The van der Waals surface area contributed by atoms with Crippen molar-refractivity contribution in [3.63, 3.8) is 0 Å². The van der Waals surface area contributed by atoms with Crippen LogP contribution in [0, 0.1) is 0 Å². The molecule has 1 fully saturated rings. The number of amides is 4. The number of hydrogen-bond donors (Lipinski definition) is 2. The third-order valence-electron chi connectivity index (χ3n) is 4.64. The lowest BCUT2D eigenvalue weighted by atomic mass is 10.1. The Morgan fingerprint density at radius 2 is 1.91 bits per heavy atom. The van der Waals surface area contributed by atoms with Gasteiger partial charge in [0.05, 0.1) is 19.4 Å². The molecule has 4 amide bonds. The van der Waals surface area contributed by atoms with E-state index in [1.54, 1.807) is 25.1 Å². The first kappa shape index (κ1) is 23.3. The van der Waals surface area contributed by atoms with E-state index in [4.69, 9.17) is 19.3 Å². The quantitative estimate of drug-likeness (QED) is 0.460. The van der Waals surface area contributed by atoms with Crippen LogP contribution in [0.1, 0.15) is 19.4 Å². The molecule has 1 aliphatic heterocycles. The monoisotopic (exact) mass is 454 g/mol. The van der Waals surface area contributed by atoms with Crippen LogP contribution >= 0.6 is 0 Å². The van der Waals surface area contributed by atoms with Crippen molar-refractivity contribution < 1.29 is 38.5 Å². The molecule has 2 aromatic rings. The van der Waals surface area contributed by atoms with Crippen LogP contribution in [0.2, 0.25) is 0 Å². The number of carboxylic acid groups (broad SMARTS) is 1. The summed E-state index contributed by atoms with van der Waals surface area (Å²) in [5, 5.41) is 11.2. The molecule has 0 saturated carbocycles. The minimum absolute atomic E-state index is 0.179. The third kappa shape index (κ3) is 5.12. The van der Waals surface area contributed by atoms with Gasteiger partial charge in [-0.3, -0.25) is 14.9 Å². The number of hydrogen-bond acceptors (Lipinski definition) is 7. The van der Waals surface area contributed by atoms with Crippen molar-refractivity contribution in [3.8, 4) is 17.2 Å². The van der Waals surface area contributed by atoms with Gasteiger partial charge in [-0.05, 0) is 49.8 Å². The fraction of sp³-hybridized carbons (Fsp3) is 0.217. The molecule has 10 nitrogen and oxygen atoms in total. The number of carboxylic acids is 1. The summed E-state index contributed by atoms with van der Waals surface area (Å²) in [6.07, 6.45) is 0.192. The summed E-state index contributed by atoms with van der Waals surface area (Å²) in [5.41, 5.74) is 0.370. The Labute approximate surface area is 189 Å². The van der Waals surface area contributed by atoms with Gasteiger partial charge >= 0.3 is 12.0 Å². The second-order valence-corrected chi connectivity index (χ2v) is 6.90. The Balaban J connectivity index is 1.94.